The van der Waals surface area contributed by atoms with Gasteiger partial charge in [-0.25, -0.2) is 4.79 Å². The van der Waals surface area contributed by atoms with Gasteiger partial charge in [0, 0.05) is 13.0 Å². The first-order valence-corrected chi connectivity index (χ1v) is 8.27. The van der Waals surface area contributed by atoms with Crippen LogP contribution in [-0.4, -0.2) is 30.6 Å². The summed E-state index contributed by atoms with van der Waals surface area (Å²) < 4.78 is 5.23. The number of hydrogen-bond donors (Lipinski definition) is 2. The van der Waals surface area contributed by atoms with E-state index in [0.29, 0.717) is 25.1 Å². The predicted octanol–water partition coefficient (Wildman–Crippen LogP) is 3.02. The molecule has 1 fully saturated rings. The SMILES string of the molecule is COc1cc(C(=O)O)ccc1CCNC(=O)CCC1CCCC1. The van der Waals surface area contributed by atoms with Gasteiger partial charge in [-0.15, -0.1) is 0 Å². The summed E-state index contributed by atoms with van der Waals surface area (Å²) in [6, 6.07) is 4.81. The zero-order valence-electron chi connectivity index (χ0n) is 13.6. The summed E-state index contributed by atoms with van der Waals surface area (Å²) in [6.45, 7) is 0.534. The molecule has 0 atom stereocenters. The van der Waals surface area contributed by atoms with E-state index >= 15 is 0 Å². The standard InChI is InChI=1S/C18H25NO4/c1-23-16-12-15(18(21)22)8-7-14(16)10-11-19-17(20)9-6-13-4-2-3-5-13/h7-8,12-13H,2-6,9-11H2,1H3,(H,19,20)(H,21,22). The first-order valence-electron chi connectivity index (χ1n) is 8.27. The molecule has 0 bridgehead atoms. The number of amides is 1. The molecule has 1 aromatic carbocycles. The third-order valence-electron chi connectivity index (χ3n) is 4.50. The van der Waals surface area contributed by atoms with Crippen molar-refractivity contribution in [2.24, 2.45) is 5.92 Å². The van der Waals surface area contributed by atoms with Crippen LogP contribution in [-0.2, 0) is 11.2 Å². The predicted molar refractivity (Wildman–Crippen MR) is 87.9 cm³/mol. The highest BCUT2D eigenvalue weighted by atomic mass is 16.5. The molecule has 5 nitrogen and oxygen atoms in total. The molecule has 0 saturated heterocycles. The Morgan fingerprint density at radius 2 is 2.04 bits per heavy atom. The molecule has 2 N–H and O–H groups in total. The maximum Gasteiger partial charge on any atom is 0.335 e. The number of hydrogen-bond acceptors (Lipinski definition) is 3. The second-order valence-corrected chi connectivity index (χ2v) is 6.12. The molecule has 0 spiro atoms. The Bertz CT molecular complexity index is 550. The van der Waals surface area contributed by atoms with Crippen LogP contribution in [0.25, 0.3) is 0 Å². The van der Waals surface area contributed by atoms with E-state index in [-0.39, 0.29) is 11.5 Å². The van der Waals surface area contributed by atoms with Crippen molar-refractivity contribution < 1.29 is 19.4 Å². The lowest BCUT2D eigenvalue weighted by molar-refractivity contribution is -0.121. The minimum atomic E-state index is -0.977. The van der Waals surface area contributed by atoms with Gasteiger partial charge in [0.15, 0.2) is 0 Å². The molecule has 0 heterocycles. The molecule has 126 valence electrons. The molecule has 1 aliphatic rings. The quantitative estimate of drug-likeness (QED) is 0.772. The Balaban J connectivity index is 1.76. The summed E-state index contributed by atoms with van der Waals surface area (Å²) in [5.74, 6) is 0.391. The van der Waals surface area contributed by atoms with Crippen LogP contribution in [0.1, 0.15) is 54.4 Å². The zero-order chi connectivity index (χ0) is 16.7. The van der Waals surface area contributed by atoms with Crippen LogP contribution in [0, 0.1) is 5.92 Å². The molecule has 5 heteroatoms. The molecule has 2 rings (SSSR count). The lowest BCUT2D eigenvalue weighted by atomic mass is 10.0. The number of nitrogens with one attached hydrogen (secondary N) is 1. The summed E-state index contributed by atoms with van der Waals surface area (Å²) in [6.07, 6.45) is 7.35. The summed E-state index contributed by atoms with van der Waals surface area (Å²) in [7, 11) is 1.52. The van der Waals surface area contributed by atoms with Crippen LogP contribution in [0.4, 0.5) is 0 Å². The number of ether oxygens (including phenoxy) is 1. The highest BCUT2D eigenvalue weighted by Crippen LogP contribution is 2.28. The number of rotatable bonds is 8. The number of carbonyl (C=O) groups is 2. The van der Waals surface area contributed by atoms with Crippen molar-refractivity contribution in [3.8, 4) is 5.75 Å². The van der Waals surface area contributed by atoms with Gasteiger partial charge in [0.25, 0.3) is 0 Å². The van der Waals surface area contributed by atoms with Gasteiger partial charge in [0.1, 0.15) is 5.75 Å². The Morgan fingerprint density at radius 3 is 2.70 bits per heavy atom. The molecule has 1 aromatic rings. The van der Waals surface area contributed by atoms with Gasteiger partial charge in [-0.1, -0.05) is 31.7 Å². The van der Waals surface area contributed by atoms with E-state index in [2.05, 4.69) is 5.32 Å². The fraction of sp³-hybridized carbons (Fsp3) is 0.556. The Hall–Kier alpha value is -2.04. The lowest BCUT2D eigenvalue weighted by Gasteiger charge is -2.11. The fourth-order valence-corrected chi connectivity index (χ4v) is 3.14. The minimum Gasteiger partial charge on any atom is -0.496 e. The van der Waals surface area contributed by atoms with Gasteiger partial charge in [-0.05, 0) is 36.5 Å². The number of carboxylic acids is 1. The lowest BCUT2D eigenvalue weighted by Crippen LogP contribution is -2.26. The van der Waals surface area contributed by atoms with E-state index < -0.39 is 5.97 Å². The van der Waals surface area contributed by atoms with Crippen molar-refractivity contribution in [3.63, 3.8) is 0 Å². The van der Waals surface area contributed by atoms with Crippen LogP contribution in [0.2, 0.25) is 0 Å². The Kier molecular flexibility index (Phi) is 6.44. The molecule has 0 unspecified atom stereocenters. The number of carboxylic acid groups (broad SMARTS) is 1. The van der Waals surface area contributed by atoms with E-state index in [0.717, 1.165) is 17.9 Å². The van der Waals surface area contributed by atoms with Crippen molar-refractivity contribution in [3.05, 3.63) is 29.3 Å². The van der Waals surface area contributed by atoms with E-state index in [9.17, 15) is 9.59 Å². The molecular weight excluding hydrogens is 294 g/mol. The van der Waals surface area contributed by atoms with E-state index in [1.165, 1.54) is 38.9 Å². The van der Waals surface area contributed by atoms with E-state index in [1.54, 1.807) is 12.1 Å². The molecular formula is C18H25NO4. The number of carbonyl (C=O) groups excluding carboxylic acids is 1. The zero-order valence-corrected chi connectivity index (χ0v) is 13.6. The van der Waals surface area contributed by atoms with Gasteiger partial charge in [0.2, 0.25) is 5.91 Å². The molecule has 0 aliphatic heterocycles. The first kappa shape index (κ1) is 17.3. The molecule has 0 radical (unpaired) electrons. The average Bonchev–Trinajstić information content (AvgIpc) is 3.06. The van der Waals surface area contributed by atoms with Gasteiger partial charge in [0.05, 0.1) is 12.7 Å². The van der Waals surface area contributed by atoms with Gasteiger partial charge in [-0.3, -0.25) is 4.79 Å². The normalized spacial score (nSPS) is 14.7. The van der Waals surface area contributed by atoms with Crippen LogP contribution in [0.5, 0.6) is 5.75 Å². The number of methoxy groups -OCH3 is 1. The van der Waals surface area contributed by atoms with Gasteiger partial charge in [-0.2, -0.15) is 0 Å². The van der Waals surface area contributed by atoms with Crippen LogP contribution in [0.15, 0.2) is 18.2 Å². The smallest absolute Gasteiger partial charge is 0.335 e. The Morgan fingerprint density at radius 1 is 1.30 bits per heavy atom. The summed E-state index contributed by atoms with van der Waals surface area (Å²) in [5.41, 5.74) is 1.10. The maximum absolute atomic E-state index is 11.9. The second kappa shape index (κ2) is 8.56. The van der Waals surface area contributed by atoms with E-state index in [4.69, 9.17) is 9.84 Å². The molecule has 1 amide bonds. The number of benzene rings is 1. The summed E-state index contributed by atoms with van der Waals surface area (Å²) in [5, 5.41) is 11.9. The molecule has 0 aromatic heterocycles. The third kappa shape index (κ3) is 5.27. The largest absolute Gasteiger partial charge is 0.496 e. The maximum atomic E-state index is 11.9. The fourth-order valence-electron chi connectivity index (χ4n) is 3.14. The van der Waals surface area contributed by atoms with Gasteiger partial charge < -0.3 is 15.2 Å². The van der Waals surface area contributed by atoms with Gasteiger partial charge >= 0.3 is 5.97 Å². The monoisotopic (exact) mass is 319 g/mol. The number of aromatic carboxylic acids is 1. The second-order valence-electron chi connectivity index (χ2n) is 6.12. The minimum absolute atomic E-state index is 0.0954. The van der Waals surface area contributed by atoms with Crippen molar-refractivity contribution in [2.45, 2.75) is 44.9 Å². The summed E-state index contributed by atoms with van der Waals surface area (Å²) >= 11 is 0. The van der Waals surface area contributed by atoms with Crippen molar-refractivity contribution in [1.82, 2.24) is 5.32 Å². The average molecular weight is 319 g/mol. The van der Waals surface area contributed by atoms with Crippen molar-refractivity contribution in [1.29, 1.82) is 0 Å². The van der Waals surface area contributed by atoms with Crippen LogP contribution < -0.4 is 10.1 Å². The highest BCUT2D eigenvalue weighted by molar-refractivity contribution is 5.88. The van der Waals surface area contributed by atoms with Crippen molar-refractivity contribution in [2.75, 3.05) is 13.7 Å². The van der Waals surface area contributed by atoms with Crippen LogP contribution >= 0.6 is 0 Å². The summed E-state index contributed by atoms with van der Waals surface area (Å²) in [4.78, 5) is 22.8. The first-order chi connectivity index (χ1) is 11.1. The topological polar surface area (TPSA) is 75.6 Å². The Labute approximate surface area is 137 Å². The van der Waals surface area contributed by atoms with Crippen molar-refractivity contribution >= 4 is 11.9 Å². The molecule has 1 aliphatic carbocycles. The molecule has 1 saturated carbocycles. The third-order valence-corrected chi connectivity index (χ3v) is 4.50. The highest BCUT2D eigenvalue weighted by Gasteiger charge is 2.16. The van der Waals surface area contributed by atoms with E-state index in [1.807, 2.05) is 0 Å². The van der Waals surface area contributed by atoms with Crippen LogP contribution in [0.3, 0.4) is 0 Å². The molecule has 23 heavy (non-hydrogen) atoms.